The molecule has 0 aliphatic heterocycles. The van der Waals surface area contributed by atoms with Gasteiger partial charge in [0.1, 0.15) is 6.07 Å². The molecule has 0 bridgehead atoms. The predicted octanol–water partition coefficient (Wildman–Crippen LogP) is 12.4. The molecule has 3 aromatic heterocycles. The van der Waals surface area contributed by atoms with Gasteiger partial charge in [0.05, 0.1) is 61.7 Å². The SMILES string of the molecule is N#Cc1ccc2c(c1)c1ccccc1n2-c1c(C#N)cccc1-c1ccc(-n2c3ccccc3c3cccc(-n4c5ccccc5c5ccccc54)c32)cc1. The predicted molar refractivity (Wildman–Crippen MR) is 224 cm³/mol. The first-order valence-electron chi connectivity index (χ1n) is 18.3. The Kier molecular flexibility index (Phi) is 6.61. The van der Waals surface area contributed by atoms with Crippen LogP contribution < -0.4 is 0 Å². The molecule has 254 valence electrons. The van der Waals surface area contributed by atoms with Crippen molar-refractivity contribution in [2.24, 2.45) is 0 Å². The van der Waals surface area contributed by atoms with Gasteiger partial charge in [0, 0.05) is 43.6 Å². The van der Waals surface area contributed by atoms with Gasteiger partial charge >= 0.3 is 0 Å². The standard InChI is InChI=1S/C50H29N5/c51-30-32-23-28-47-42(29-32)40-15-4-8-21-46(40)55(47)49-34(31-52)11-9-16-36(49)33-24-26-35(27-25-33)53-43-18-5-3-14-39(43)41-17-10-22-48(50(41)53)54-44-19-6-1-12-37(44)38-13-2-7-20-45(38)54/h1-29H. The quantitative estimate of drug-likeness (QED) is 0.184. The smallest absolute Gasteiger partial charge is 0.101 e. The molecule has 0 amide bonds. The molecule has 5 nitrogen and oxygen atoms in total. The number of benzene rings is 8. The van der Waals surface area contributed by atoms with Crippen LogP contribution in [0.1, 0.15) is 11.1 Å². The monoisotopic (exact) mass is 699 g/mol. The summed E-state index contributed by atoms with van der Waals surface area (Å²) in [7, 11) is 0. The molecule has 0 saturated carbocycles. The molecule has 0 fully saturated rings. The molecule has 11 aromatic rings. The molecule has 3 heterocycles. The Morgan fingerprint density at radius 1 is 0.382 bits per heavy atom. The van der Waals surface area contributed by atoms with Gasteiger partial charge in [-0.15, -0.1) is 0 Å². The van der Waals surface area contributed by atoms with Gasteiger partial charge in [0.25, 0.3) is 0 Å². The average Bonchev–Trinajstić information content (AvgIpc) is 3.89. The zero-order valence-electron chi connectivity index (χ0n) is 29.5. The molecule has 11 rings (SSSR count). The summed E-state index contributed by atoms with van der Waals surface area (Å²) in [6.07, 6.45) is 0. The van der Waals surface area contributed by atoms with Crippen LogP contribution in [0.5, 0.6) is 0 Å². The highest BCUT2D eigenvalue weighted by Crippen LogP contribution is 2.41. The molecule has 0 atom stereocenters. The first-order valence-corrected chi connectivity index (χ1v) is 18.3. The summed E-state index contributed by atoms with van der Waals surface area (Å²) in [5.74, 6) is 0. The van der Waals surface area contributed by atoms with Gasteiger partial charge in [-0.3, -0.25) is 0 Å². The second kappa shape index (κ2) is 11.8. The second-order valence-electron chi connectivity index (χ2n) is 14.0. The molecule has 55 heavy (non-hydrogen) atoms. The van der Waals surface area contributed by atoms with E-state index in [4.69, 9.17) is 0 Å². The Morgan fingerprint density at radius 3 is 1.55 bits per heavy atom. The van der Waals surface area contributed by atoms with E-state index in [2.05, 4.69) is 159 Å². The first kappa shape index (κ1) is 30.7. The summed E-state index contributed by atoms with van der Waals surface area (Å²) in [5.41, 5.74) is 12.6. The number of para-hydroxylation sites is 6. The summed E-state index contributed by atoms with van der Waals surface area (Å²) < 4.78 is 6.97. The van der Waals surface area contributed by atoms with Crippen LogP contribution in [-0.4, -0.2) is 13.7 Å². The van der Waals surface area contributed by atoms with Crippen LogP contribution >= 0.6 is 0 Å². The number of rotatable bonds is 4. The van der Waals surface area contributed by atoms with E-state index in [0.717, 1.165) is 61.0 Å². The molecule has 0 saturated heterocycles. The molecule has 0 aliphatic rings. The van der Waals surface area contributed by atoms with E-state index in [-0.39, 0.29) is 0 Å². The summed E-state index contributed by atoms with van der Waals surface area (Å²) in [4.78, 5) is 0. The Hall–Kier alpha value is -7.86. The van der Waals surface area contributed by atoms with Crippen molar-refractivity contribution in [2.45, 2.75) is 0 Å². The molecule has 0 spiro atoms. The summed E-state index contributed by atoms with van der Waals surface area (Å²) in [5, 5.41) is 27.1. The zero-order chi connectivity index (χ0) is 36.6. The number of hydrogen-bond acceptors (Lipinski definition) is 2. The fourth-order valence-corrected chi connectivity index (χ4v) is 8.81. The minimum atomic E-state index is 0.576. The van der Waals surface area contributed by atoms with E-state index in [0.29, 0.717) is 11.1 Å². The summed E-state index contributed by atoms with van der Waals surface area (Å²) in [6, 6.07) is 66.0. The molecule has 5 heteroatoms. The Morgan fingerprint density at radius 2 is 0.909 bits per heavy atom. The largest absolute Gasteiger partial charge is 0.307 e. The Bertz CT molecular complexity index is 3400. The molecular weight excluding hydrogens is 671 g/mol. The maximum absolute atomic E-state index is 10.5. The lowest BCUT2D eigenvalue weighted by Crippen LogP contribution is -2.02. The second-order valence-corrected chi connectivity index (χ2v) is 14.0. The van der Waals surface area contributed by atoms with Gasteiger partial charge < -0.3 is 13.7 Å². The minimum absolute atomic E-state index is 0.576. The lowest BCUT2D eigenvalue weighted by molar-refractivity contribution is 1.13. The van der Waals surface area contributed by atoms with Crippen LogP contribution in [0.4, 0.5) is 0 Å². The van der Waals surface area contributed by atoms with Crippen LogP contribution in [0, 0.1) is 22.7 Å². The van der Waals surface area contributed by atoms with Gasteiger partial charge in [-0.25, -0.2) is 0 Å². The van der Waals surface area contributed by atoms with Crippen molar-refractivity contribution in [3.8, 4) is 40.3 Å². The highest BCUT2D eigenvalue weighted by atomic mass is 15.1. The Labute approximate surface area is 316 Å². The van der Waals surface area contributed by atoms with Crippen LogP contribution in [-0.2, 0) is 0 Å². The third-order valence-electron chi connectivity index (χ3n) is 11.1. The van der Waals surface area contributed by atoms with Crippen molar-refractivity contribution in [1.29, 1.82) is 10.5 Å². The zero-order valence-corrected chi connectivity index (χ0v) is 29.5. The molecule has 0 unspecified atom stereocenters. The van der Waals surface area contributed by atoms with Crippen molar-refractivity contribution in [3.05, 3.63) is 187 Å². The normalized spacial score (nSPS) is 11.6. The Balaban J connectivity index is 1.15. The van der Waals surface area contributed by atoms with Crippen molar-refractivity contribution >= 4 is 65.4 Å². The topological polar surface area (TPSA) is 62.4 Å². The summed E-state index contributed by atoms with van der Waals surface area (Å²) >= 11 is 0. The van der Waals surface area contributed by atoms with E-state index >= 15 is 0 Å². The minimum Gasteiger partial charge on any atom is -0.307 e. The van der Waals surface area contributed by atoms with E-state index in [9.17, 15) is 10.5 Å². The first-order chi connectivity index (χ1) is 27.2. The van der Waals surface area contributed by atoms with Gasteiger partial charge in [-0.05, 0) is 72.3 Å². The fourth-order valence-electron chi connectivity index (χ4n) is 8.81. The molecule has 8 aromatic carbocycles. The number of nitriles is 2. The van der Waals surface area contributed by atoms with Gasteiger partial charge in [0.15, 0.2) is 0 Å². The maximum Gasteiger partial charge on any atom is 0.101 e. The molecule has 0 N–H and O–H groups in total. The van der Waals surface area contributed by atoms with Crippen LogP contribution in [0.2, 0.25) is 0 Å². The highest BCUT2D eigenvalue weighted by molar-refractivity contribution is 6.15. The lowest BCUT2D eigenvalue weighted by atomic mass is 9.99. The molecule has 0 radical (unpaired) electrons. The van der Waals surface area contributed by atoms with Crippen molar-refractivity contribution < 1.29 is 0 Å². The highest BCUT2D eigenvalue weighted by Gasteiger charge is 2.22. The fraction of sp³-hybridized carbons (Fsp3) is 0. The average molecular weight is 700 g/mol. The van der Waals surface area contributed by atoms with E-state index in [1.54, 1.807) is 0 Å². The number of aromatic nitrogens is 3. The summed E-state index contributed by atoms with van der Waals surface area (Å²) in [6.45, 7) is 0. The third-order valence-corrected chi connectivity index (χ3v) is 11.1. The third kappa shape index (κ3) is 4.39. The lowest BCUT2D eigenvalue weighted by Gasteiger charge is -2.17. The van der Waals surface area contributed by atoms with Crippen molar-refractivity contribution in [3.63, 3.8) is 0 Å². The maximum atomic E-state index is 10.5. The number of nitrogens with zero attached hydrogens (tertiary/aromatic N) is 5. The van der Waals surface area contributed by atoms with Crippen molar-refractivity contribution in [2.75, 3.05) is 0 Å². The number of fused-ring (bicyclic) bond motifs is 9. The molecular formula is C50H29N5. The van der Waals surface area contributed by atoms with E-state index in [1.165, 1.54) is 32.6 Å². The van der Waals surface area contributed by atoms with Crippen LogP contribution in [0.3, 0.4) is 0 Å². The van der Waals surface area contributed by atoms with Crippen LogP contribution in [0.25, 0.3) is 93.6 Å². The van der Waals surface area contributed by atoms with E-state index in [1.807, 2.05) is 42.5 Å². The van der Waals surface area contributed by atoms with E-state index < -0.39 is 0 Å². The number of hydrogen-bond donors (Lipinski definition) is 0. The van der Waals surface area contributed by atoms with Crippen LogP contribution in [0.15, 0.2) is 176 Å². The van der Waals surface area contributed by atoms with Crippen molar-refractivity contribution in [1.82, 2.24) is 13.7 Å². The van der Waals surface area contributed by atoms with Gasteiger partial charge in [0.2, 0.25) is 0 Å². The molecule has 0 aliphatic carbocycles. The van der Waals surface area contributed by atoms with Gasteiger partial charge in [-0.1, -0.05) is 109 Å². The van der Waals surface area contributed by atoms with Gasteiger partial charge in [-0.2, -0.15) is 10.5 Å².